The van der Waals surface area contributed by atoms with Crippen LogP contribution in [0.3, 0.4) is 0 Å². The summed E-state index contributed by atoms with van der Waals surface area (Å²) in [6, 6.07) is 9.30. The number of carbonyl (C=O) groups excluding carboxylic acids is 3. The molecule has 0 spiro atoms. The highest BCUT2D eigenvalue weighted by molar-refractivity contribution is 7.86. The first-order valence-corrected chi connectivity index (χ1v) is 8.73. The van der Waals surface area contributed by atoms with Crippen molar-refractivity contribution >= 4 is 38.8 Å². The summed E-state index contributed by atoms with van der Waals surface area (Å²) < 4.78 is 29.3. The minimum Gasteiger partial charge on any atom is -0.276 e. The molecular formula is C16H10ClNO6S. The van der Waals surface area contributed by atoms with Crippen LogP contribution in [0.1, 0.15) is 36.6 Å². The van der Waals surface area contributed by atoms with Gasteiger partial charge in [0.05, 0.1) is 16.0 Å². The molecule has 0 bridgehead atoms. The third-order valence-corrected chi connectivity index (χ3v) is 4.97. The molecule has 0 unspecified atom stereocenters. The number of hydrogen-bond acceptors (Lipinski definition) is 6. The topological polar surface area (TPSA) is 97.8 Å². The van der Waals surface area contributed by atoms with Gasteiger partial charge in [-0.15, -0.1) is 9.35 Å². The third kappa shape index (κ3) is 3.07. The van der Waals surface area contributed by atoms with Crippen LogP contribution in [0.5, 0.6) is 0 Å². The molecule has 1 heterocycles. The highest BCUT2D eigenvalue weighted by Gasteiger charge is 2.40. The van der Waals surface area contributed by atoms with E-state index in [4.69, 9.17) is 15.9 Å². The number of hydrogen-bond donors (Lipinski definition) is 0. The van der Waals surface area contributed by atoms with Gasteiger partial charge in [-0.25, -0.2) is 0 Å². The molecule has 0 saturated carbocycles. The summed E-state index contributed by atoms with van der Waals surface area (Å²) in [5, 5.41) is -0.655. The van der Waals surface area contributed by atoms with Crippen molar-refractivity contribution in [2.24, 2.45) is 0 Å². The standard InChI is InChI=1S/C16H10ClNO6S/c1-9-2-5-11(6-3-9)25(22,23)24-18-15(20)12-7-4-10(14(17)19)8-13(12)16(18)21/h2-8H,1H3. The maximum atomic E-state index is 12.3. The van der Waals surface area contributed by atoms with Gasteiger partial charge in [0, 0.05) is 5.56 Å². The predicted octanol–water partition coefficient (Wildman–Crippen LogP) is 2.29. The fourth-order valence-corrected chi connectivity index (χ4v) is 3.26. The molecule has 2 aromatic rings. The molecule has 0 atom stereocenters. The number of fused-ring (bicyclic) bond motifs is 1. The summed E-state index contributed by atoms with van der Waals surface area (Å²) in [7, 11) is -4.38. The van der Waals surface area contributed by atoms with Gasteiger partial charge in [0.2, 0.25) is 0 Å². The van der Waals surface area contributed by atoms with Crippen molar-refractivity contribution in [3.05, 3.63) is 64.7 Å². The Labute approximate surface area is 147 Å². The molecule has 7 nitrogen and oxygen atoms in total. The van der Waals surface area contributed by atoms with Crippen molar-refractivity contribution in [1.82, 2.24) is 5.06 Å². The van der Waals surface area contributed by atoms with Crippen LogP contribution in [0.15, 0.2) is 47.4 Å². The monoisotopic (exact) mass is 379 g/mol. The number of imide groups is 1. The van der Waals surface area contributed by atoms with Crippen LogP contribution in [0.25, 0.3) is 0 Å². The molecule has 0 aromatic heterocycles. The first kappa shape index (κ1) is 17.3. The Morgan fingerprint density at radius 2 is 1.60 bits per heavy atom. The summed E-state index contributed by atoms with van der Waals surface area (Å²) in [6.45, 7) is 1.77. The maximum absolute atomic E-state index is 12.3. The first-order valence-electron chi connectivity index (χ1n) is 6.94. The molecule has 0 radical (unpaired) electrons. The van der Waals surface area contributed by atoms with Gasteiger partial charge in [-0.3, -0.25) is 14.4 Å². The Morgan fingerprint density at radius 3 is 2.20 bits per heavy atom. The number of aryl methyl sites for hydroxylation is 1. The van der Waals surface area contributed by atoms with Crippen LogP contribution in [-0.4, -0.2) is 30.5 Å². The van der Waals surface area contributed by atoms with E-state index in [9.17, 15) is 22.8 Å². The summed E-state index contributed by atoms with van der Waals surface area (Å²) >= 11 is 5.35. The molecule has 2 aromatic carbocycles. The van der Waals surface area contributed by atoms with Gasteiger partial charge >= 0.3 is 10.1 Å². The van der Waals surface area contributed by atoms with Crippen LogP contribution in [-0.2, 0) is 14.4 Å². The normalized spacial score (nSPS) is 13.9. The second-order valence-electron chi connectivity index (χ2n) is 5.28. The van der Waals surface area contributed by atoms with E-state index < -0.39 is 27.2 Å². The molecule has 0 saturated heterocycles. The Balaban J connectivity index is 1.94. The quantitative estimate of drug-likeness (QED) is 0.597. The van der Waals surface area contributed by atoms with E-state index in [-0.39, 0.29) is 26.6 Å². The SMILES string of the molecule is Cc1ccc(S(=O)(=O)ON2C(=O)c3ccc(C(=O)Cl)cc3C2=O)cc1. The summed E-state index contributed by atoms with van der Waals surface area (Å²) in [5.41, 5.74) is 0.601. The van der Waals surface area contributed by atoms with Gasteiger partial charge in [0.25, 0.3) is 17.1 Å². The lowest BCUT2D eigenvalue weighted by molar-refractivity contribution is -0.0103. The van der Waals surface area contributed by atoms with Crippen molar-refractivity contribution < 1.29 is 27.1 Å². The fraction of sp³-hybridized carbons (Fsp3) is 0.0625. The minimum absolute atomic E-state index is 0.00445. The zero-order chi connectivity index (χ0) is 18.4. The van der Waals surface area contributed by atoms with Crippen LogP contribution in [0, 0.1) is 6.92 Å². The second-order valence-corrected chi connectivity index (χ2v) is 7.15. The lowest BCUT2D eigenvalue weighted by Gasteiger charge is -2.13. The van der Waals surface area contributed by atoms with Gasteiger partial charge in [0.1, 0.15) is 0 Å². The van der Waals surface area contributed by atoms with E-state index in [1.165, 1.54) is 24.3 Å². The largest absolute Gasteiger partial charge is 0.318 e. The smallest absolute Gasteiger partial charge is 0.276 e. The van der Waals surface area contributed by atoms with Gasteiger partial charge in [-0.2, -0.15) is 8.42 Å². The molecule has 0 N–H and O–H groups in total. The number of nitrogens with zero attached hydrogens (tertiary/aromatic N) is 1. The molecule has 128 valence electrons. The van der Waals surface area contributed by atoms with E-state index in [0.29, 0.717) is 0 Å². The molecule has 0 fully saturated rings. The maximum Gasteiger partial charge on any atom is 0.318 e. The van der Waals surface area contributed by atoms with E-state index in [1.54, 1.807) is 19.1 Å². The minimum atomic E-state index is -4.38. The Morgan fingerprint density at radius 1 is 1.00 bits per heavy atom. The first-order chi connectivity index (χ1) is 11.7. The molecule has 9 heteroatoms. The van der Waals surface area contributed by atoms with Crippen molar-refractivity contribution in [1.29, 1.82) is 0 Å². The van der Waals surface area contributed by atoms with Crippen molar-refractivity contribution in [2.45, 2.75) is 11.8 Å². The van der Waals surface area contributed by atoms with E-state index in [0.717, 1.165) is 11.6 Å². The van der Waals surface area contributed by atoms with E-state index in [2.05, 4.69) is 0 Å². The molecular weight excluding hydrogens is 370 g/mol. The van der Waals surface area contributed by atoms with Crippen molar-refractivity contribution in [3.8, 4) is 0 Å². The van der Waals surface area contributed by atoms with Crippen LogP contribution < -0.4 is 0 Å². The highest BCUT2D eigenvalue weighted by Crippen LogP contribution is 2.27. The second kappa shape index (κ2) is 6.07. The number of rotatable bonds is 4. The zero-order valence-corrected chi connectivity index (χ0v) is 14.3. The summed E-state index contributed by atoms with van der Waals surface area (Å²) in [6.07, 6.45) is 0. The lowest BCUT2D eigenvalue weighted by Crippen LogP contribution is -2.32. The van der Waals surface area contributed by atoms with Crippen LogP contribution >= 0.6 is 11.6 Å². The van der Waals surface area contributed by atoms with E-state index >= 15 is 0 Å². The average Bonchev–Trinajstić information content (AvgIpc) is 2.79. The zero-order valence-electron chi connectivity index (χ0n) is 12.7. The molecule has 1 aliphatic heterocycles. The number of carbonyl (C=O) groups is 3. The Bertz CT molecular complexity index is 1010. The molecule has 3 rings (SSSR count). The molecule has 25 heavy (non-hydrogen) atoms. The number of amides is 2. The predicted molar refractivity (Wildman–Crippen MR) is 86.6 cm³/mol. The number of benzene rings is 2. The Hall–Kier alpha value is -2.55. The number of hydroxylamine groups is 2. The fourth-order valence-electron chi connectivity index (χ4n) is 2.25. The molecule has 1 aliphatic rings. The van der Waals surface area contributed by atoms with Crippen LogP contribution in [0.4, 0.5) is 0 Å². The average molecular weight is 380 g/mol. The van der Waals surface area contributed by atoms with Crippen molar-refractivity contribution in [3.63, 3.8) is 0 Å². The van der Waals surface area contributed by atoms with Gasteiger partial charge < -0.3 is 0 Å². The van der Waals surface area contributed by atoms with Crippen LogP contribution in [0.2, 0.25) is 0 Å². The Kier molecular flexibility index (Phi) is 4.19. The lowest BCUT2D eigenvalue weighted by atomic mass is 10.1. The molecule has 0 aliphatic carbocycles. The third-order valence-electron chi connectivity index (χ3n) is 3.56. The number of halogens is 1. The van der Waals surface area contributed by atoms with Crippen molar-refractivity contribution in [2.75, 3.05) is 0 Å². The van der Waals surface area contributed by atoms with Gasteiger partial charge in [-0.05, 0) is 48.9 Å². The van der Waals surface area contributed by atoms with E-state index in [1.807, 2.05) is 0 Å². The highest BCUT2D eigenvalue weighted by atomic mass is 35.5. The summed E-state index contributed by atoms with van der Waals surface area (Å²) in [4.78, 5) is 35.5. The summed E-state index contributed by atoms with van der Waals surface area (Å²) in [5.74, 6) is -1.93. The van der Waals surface area contributed by atoms with Gasteiger partial charge in [-0.1, -0.05) is 17.7 Å². The van der Waals surface area contributed by atoms with Gasteiger partial charge in [0.15, 0.2) is 0 Å². The molecule has 2 amide bonds.